The van der Waals surface area contributed by atoms with Gasteiger partial charge in [-0.25, -0.2) is 22.9 Å². The van der Waals surface area contributed by atoms with Crippen LogP contribution >= 0.6 is 0 Å². The molecular weight excluding hydrogens is 575 g/mol. The third-order valence-electron chi connectivity index (χ3n) is 8.57. The van der Waals surface area contributed by atoms with Crippen LogP contribution in [0.3, 0.4) is 0 Å². The summed E-state index contributed by atoms with van der Waals surface area (Å²) in [5.74, 6) is -3.49. The molecule has 230 valence electrons. The zero-order valence-electron chi connectivity index (χ0n) is 24.1. The van der Waals surface area contributed by atoms with Gasteiger partial charge in [-0.05, 0) is 60.7 Å². The molecule has 11 heteroatoms. The molecular formula is C33H32F3N3O5. The number of methoxy groups -OCH3 is 1. The van der Waals surface area contributed by atoms with E-state index in [1.807, 2.05) is 0 Å². The minimum Gasteiger partial charge on any atom is -0.478 e. The number of anilines is 1. The molecule has 0 saturated heterocycles. The molecule has 2 fully saturated rings. The van der Waals surface area contributed by atoms with Gasteiger partial charge in [-0.1, -0.05) is 31.4 Å². The second-order valence-electron chi connectivity index (χ2n) is 11.5. The summed E-state index contributed by atoms with van der Waals surface area (Å²) < 4.78 is 56.1. The van der Waals surface area contributed by atoms with Crippen LogP contribution in [0.15, 0.2) is 60.7 Å². The summed E-state index contributed by atoms with van der Waals surface area (Å²) in [6, 6.07) is 13.3. The average molecular weight is 608 g/mol. The number of ether oxygens (including phenoxy) is 2. The molecule has 0 bridgehead atoms. The largest absolute Gasteiger partial charge is 0.478 e. The van der Waals surface area contributed by atoms with Crippen LogP contribution in [0, 0.1) is 23.4 Å². The quantitative estimate of drug-likeness (QED) is 0.202. The number of amides is 1. The number of aromatic nitrogens is 2. The summed E-state index contributed by atoms with van der Waals surface area (Å²) in [5.41, 5.74) is 0.201. The number of carbonyl (C=O) groups is 2. The Morgan fingerprint density at radius 1 is 0.977 bits per heavy atom. The van der Waals surface area contributed by atoms with E-state index < -0.39 is 41.2 Å². The minimum atomic E-state index is -1.20. The Labute approximate surface area is 251 Å². The van der Waals surface area contributed by atoms with Gasteiger partial charge in [-0.15, -0.1) is 0 Å². The first-order valence-electron chi connectivity index (χ1n) is 14.7. The van der Waals surface area contributed by atoms with Gasteiger partial charge in [-0.2, -0.15) is 0 Å². The number of benzene rings is 3. The maximum absolute atomic E-state index is 14.7. The van der Waals surface area contributed by atoms with Gasteiger partial charge < -0.3 is 24.5 Å². The van der Waals surface area contributed by atoms with Crippen molar-refractivity contribution in [2.24, 2.45) is 5.92 Å². The number of hydrogen-bond donors (Lipinski definition) is 2. The van der Waals surface area contributed by atoms with Crippen LogP contribution in [-0.4, -0.2) is 39.2 Å². The summed E-state index contributed by atoms with van der Waals surface area (Å²) in [6.07, 6.45) is 4.29. The fraction of sp³-hybridized carbons (Fsp3) is 0.364. The molecule has 2 unspecified atom stereocenters. The minimum absolute atomic E-state index is 0.147. The number of halogens is 3. The van der Waals surface area contributed by atoms with Crippen molar-refractivity contribution in [1.29, 1.82) is 0 Å². The van der Waals surface area contributed by atoms with E-state index in [0.29, 0.717) is 29.8 Å². The molecule has 1 aromatic heterocycles. The lowest BCUT2D eigenvalue weighted by molar-refractivity contribution is -0.147. The Morgan fingerprint density at radius 2 is 1.64 bits per heavy atom. The number of aliphatic carboxylic acids is 1. The predicted molar refractivity (Wildman–Crippen MR) is 156 cm³/mol. The third-order valence-corrected chi connectivity index (χ3v) is 8.57. The molecule has 1 heterocycles. The van der Waals surface area contributed by atoms with Gasteiger partial charge in [0.15, 0.2) is 11.6 Å². The number of nitrogens with zero attached hydrogens (tertiary/aromatic N) is 2. The number of nitrogens with one attached hydrogen (secondary N) is 1. The van der Waals surface area contributed by atoms with E-state index in [9.17, 15) is 27.9 Å². The van der Waals surface area contributed by atoms with Crippen molar-refractivity contribution in [2.45, 2.75) is 62.7 Å². The molecule has 44 heavy (non-hydrogen) atoms. The summed E-state index contributed by atoms with van der Waals surface area (Å²) in [6.45, 7) is 0. The number of carbonyl (C=O) groups excluding carboxylic acids is 1. The number of rotatable bonds is 10. The van der Waals surface area contributed by atoms with Crippen LogP contribution in [0.2, 0.25) is 0 Å². The zero-order chi connectivity index (χ0) is 31.0. The van der Waals surface area contributed by atoms with Crippen LogP contribution in [0.25, 0.3) is 11.0 Å². The highest BCUT2D eigenvalue weighted by Gasteiger charge is 2.53. The molecule has 2 N–H and O–H groups in total. The number of carboxylic acid groups (broad SMARTS) is 1. The molecule has 2 saturated carbocycles. The van der Waals surface area contributed by atoms with Gasteiger partial charge in [0.2, 0.25) is 11.5 Å². The number of carboxylic acids is 1. The first kappa shape index (κ1) is 29.7. The predicted octanol–water partition coefficient (Wildman–Crippen LogP) is 6.95. The van der Waals surface area contributed by atoms with Gasteiger partial charge >= 0.3 is 5.97 Å². The lowest BCUT2D eigenvalue weighted by Gasteiger charge is -2.33. The standard InChI is InChI=1S/C33H32F3N3O5/c1-43-29(20-7-9-21(34)10-8-20)30-38-26-17-24(35)25(36)18-27(26)39(30)28(19-5-3-2-4-6-19)31(40)37-22-11-13-23(14-12-22)44-33(15-16-33)32(41)42/h7-14,17-19,28-29H,2-6,15-16H2,1H3,(H,37,40)(H,41,42). The molecule has 0 aliphatic heterocycles. The van der Waals surface area contributed by atoms with Crippen molar-refractivity contribution in [2.75, 3.05) is 12.4 Å². The monoisotopic (exact) mass is 607 g/mol. The van der Waals surface area contributed by atoms with E-state index in [1.165, 1.54) is 19.2 Å². The number of imidazole rings is 1. The maximum atomic E-state index is 14.7. The molecule has 3 aromatic carbocycles. The Kier molecular flexibility index (Phi) is 8.06. The highest BCUT2D eigenvalue weighted by atomic mass is 19.2. The summed E-state index contributed by atoms with van der Waals surface area (Å²) in [7, 11) is 1.45. The van der Waals surface area contributed by atoms with Gasteiger partial charge in [0, 0.05) is 37.8 Å². The van der Waals surface area contributed by atoms with E-state index in [1.54, 1.807) is 41.0 Å². The van der Waals surface area contributed by atoms with Crippen molar-refractivity contribution >= 4 is 28.6 Å². The molecule has 8 nitrogen and oxygen atoms in total. The van der Waals surface area contributed by atoms with Gasteiger partial charge in [0.1, 0.15) is 29.5 Å². The molecule has 2 aliphatic rings. The second kappa shape index (κ2) is 12.0. The lowest BCUT2D eigenvalue weighted by Crippen LogP contribution is -2.35. The van der Waals surface area contributed by atoms with Crippen LogP contribution in [-0.2, 0) is 14.3 Å². The first-order chi connectivity index (χ1) is 21.2. The Balaban J connectivity index is 1.41. The molecule has 0 spiro atoms. The zero-order valence-corrected chi connectivity index (χ0v) is 24.1. The molecule has 1 amide bonds. The fourth-order valence-corrected chi connectivity index (χ4v) is 6.13. The molecule has 2 aliphatic carbocycles. The molecule has 0 radical (unpaired) electrons. The SMILES string of the molecule is COC(c1ccc(F)cc1)c1nc2cc(F)c(F)cc2n1C(C(=O)Nc1ccc(OC2(C(=O)O)CC2)cc1)C1CCCCC1. The highest BCUT2D eigenvalue weighted by Crippen LogP contribution is 2.42. The molecule has 4 aromatic rings. The summed E-state index contributed by atoms with van der Waals surface area (Å²) in [5, 5.41) is 12.4. The van der Waals surface area contributed by atoms with E-state index >= 15 is 0 Å². The smallest absolute Gasteiger partial charge is 0.348 e. The van der Waals surface area contributed by atoms with Crippen molar-refractivity contribution in [3.8, 4) is 5.75 Å². The van der Waals surface area contributed by atoms with Crippen molar-refractivity contribution in [3.63, 3.8) is 0 Å². The van der Waals surface area contributed by atoms with Crippen LogP contribution in [0.5, 0.6) is 5.75 Å². The summed E-state index contributed by atoms with van der Waals surface area (Å²) >= 11 is 0. The van der Waals surface area contributed by atoms with Crippen molar-refractivity contribution in [1.82, 2.24) is 9.55 Å². The highest BCUT2D eigenvalue weighted by molar-refractivity contribution is 5.95. The van der Waals surface area contributed by atoms with Crippen LogP contribution in [0.1, 0.15) is 68.5 Å². The normalized spacial score (nSPS) is 17.6. The lowest BCUT2D eigenvalue weighted by atomic mass is 9.83. The van der Waals surface area contributed by atoms with Gasteiger partial charge in [0.25, 0.3) is 0 Å². The third kappa shape index (κ3) is 5.76. The van der Waals surface area contributed by atoms with E-state index in [-0.39, 0.29) is 28.7 Å². The van der Waals surface area contributed by atoms with E-state index in [0.717, 1.165) is 44.2 Å². The average Bonchev–Trinajstić information content (AvgIpc) is 3.73. The Bertz CT molecular complexity index is 1680. The number of hydrogen-bond acceptors (Lipinski definition) is 5. The first-order valence-corrected chi connectivity index (χ1v) is 14.7. The summed E-state index contributed by atoms with van der Waals surface area (Å²) in [4.78, 5) is 30.4. The Hall–Kier alpha value is -4.38. The second-order valence-corrected chi connectivity index (χ2v) is 11.5. The molecule has 6 rings (SSSR count). The van der Waals surface area contributed by atoms with Gasteiger partial charge in [-0.3, -0.25) is 4.79 Å². The van der Waals surface area contributed by atoms with E-state index in [4.69, 9.17) is 9.47 Å². The van der Waals surface area contributed by atoms with Crippen LogP contribution < -0.4 is 10.1 Å². The van der Waals surface area contributed by atoms with Gasteiger partial charge in [0.05, 0.1) is 11.0 Å². The van der Waals surface area contributed by atoms with Crippen molar-refractivity contribution in [3.05, 3.63) is 89.5 Å². The van der Waals surface area contributed by atoms with Crippen molar-refractivity contribution < 1.29 is 37.3 Å². The Morgan fingerprint density at radius 3 is 2.25 bits per heavy atom. The van der Waals surface area contributed by atoms with E-state index in [2.05, 4.69) is 10.3 Å². The topological polar surface area (TPSA) is 103 Å². The fourth-order valence-electron chi connectivity index (χ4n) is 6.13. The maximum Gasteiger partial charge on any atom is 0.348 e. The molecule has 2 atom stereocenters. The van der Waals surface area contributed by atoms with Crippen LogP contribution in [0.4, 0.5) is 18.9 Å². The number of fused-ring (bicyclic) bond motifs is 1.